The van der Waals surface area contributed by atoms with Gasteiger partial charge in [0.1, 0.15) is 11.7 Å². The Morgan fingerprint density at radius 1 is 1.13 bits per heavy atom. The minimum Gasteiger partial charge on any atom is -0.496 e. The van der Waals surface area contributed by atoms with Crippen LogP contribution in [0.1, 0.15) is 45.6 Å². The molecule has 0 fully saturated rings. The summed E-state index contributed by atoms with van der Waals surface area (Å²) in [4.78, 5) is 39.3. The predicted molar refractivity (Wildman–Crippen MR) is 114 cm³/mol. The van der Waals surface area contributed by atoms with Gasteiger partial charge >= 0.3 is 11.9 Å². The van der Waals surface area contributed by atoms with Gasteiger partial charge in [-0.1, -0.05) is 25.1 Å². The van der Waals surface area contributed by atoms with E-state index in [1.807, 2.05) is 25.1 Å². The zero-order valence-corrected chi connectivity index (χ0v) is 18.6. The molecule has 1 N–H and O–H groups in total. The summed E-state index contributed by atoms with van der Waals surface area (Å²) in [5, 5.41) is 3.24. The first-order valence-corrected chi connectivity index (χ1v) is 10.6. The molecule has 1 aromatic carbocycles. The minimum absolute atomic E-state index is 0.197. The number of carbonyl (C=O) groups excluding carboxylic acids is 3. The number of esters is 2. The average molecular weight is 427 g/mol. The number of dihydropyridines is 1. The lowest BCUT2D eigenvalue weighted by molar-refractivity contribution is -0.153. The van der Waals surface area contributed by atoms with E-state index in [-0.39, 0.29) is 24.9 Å². The van der Waals surface area contributed by atoms with Gasteiger partial charge in [0.2, 0.25) is 0 Å². The quantitative estimate of drug-likeness (QED) is 0.550. The van der Waals surface area contributed by atoms with Gasteiger partial charge in [0, 0.05) is 22.5 Å². The highest BCUT2D eigenvalue weighted by molar-refractivity contribution is 6.12. The summed E-state index contributed by atoms with van der Waals surface area (Å²) in [6.07, 6.45) is 0.490. The van der Waals surface area contributed by atoms with Gasteiger partial charge in [0.25, 0.3) is 0 Å². The number of nitrogens with one attached hydrogen (secondary N) is 1. The number of benzene rings is 1. The number of para-hydroxylation sites is 1. The summed E-state index contributed by atoms with van der Waals surface area (Å²) >= 11 is 0. The van der Waals surface area contributed by atoms with E-state index in [1.54, 1.807) is 33.9 Å². The van der Waals surface area contributed by atoms with Gasteiger partial charge in [-0.15, -0.1) is 0 Å². The van der Waals surface area contributed by atoms with E-state index >= 15 is 0 Å². The van der Waals surface area contributed by atoms with Crippen molar-refractivity contribution in [3.05, 3.63) is 52.4 Å². The van der Waals surface area contributed by atoms with Crippen LogP contribution in [0.2, 0.25) is 0 Å². The molecule has 3 atom stereocenters. The van der Waals surface area contributed by atoms with Crippen molar-refractivity contribution in [1.29, 1.82) is 0 Å². The molecule has 7 nitrogen and oxygen atoms in total. The molecule has 3 rings (SSSR count). The summed E-state index contributed by atoms with van der Waals surface area (Å²) in [5.41, 5.74) is 2.76. The maximum atomic E-state index is 13.7. The highest BCUT2D eigenvalue weighted by atomic mass is 16.5. The molecule has 0 saturated heterocycles. The second-order valence-corrected chi connectivity index (χ2v) is 7.73. The fourth-order valence-electron chi connectivity index (χ4n) is 4.48. The maximum absolute atomic E-state index is 13.7. The van der Waals surface area contributed by atoms with E-state index in [0.29, 0.717) is 34.6 Å². The molecule has 1 heterocycles. The molecule has 0 radical (unpaired) electrons. The van der Waals surface area contributed by atoms with Crippen molar-refractivity contribution in [3.8, 4) is 5.75 Å². The van der Waals surface area contributed by atoms with Crippen molar-refractivity contribution >= 4 is 17.7 Å². The molecule has 0 aromatic heterocycles. The first kappa shape index (κ1) is 22.6. The molecule has 1 aliphatic heterocycles. The monoisotopic (exact) mass is 427 g/mol. The van der Waals surface area contributed by atoms with Gasteiger partial charge in [0.05, 0.1) is 31.8 Å². The van der Waals surface area contributed by atoms with Crippen molar-refractivity contribution in [1.82, 2.24) is 5.32 Å². The van der Waals surface area contributed by atoms with Gasteiger partial charge in [-0.2, -0.15) is 0 Å². The molecule has 0 spiro atoms. The van der Waals surface area contributed by atoms with E-state index in [0.717, 1.165) is 5.70 Å². The largest absolute Gasteiger partial charge is 0.496 e. The second-order valence-electron chi connectivity index (χ2n) is 7.73. The number of Topliss-reactive ketones (excluding diaryl/α,β-unsaturated/α-hetero) is 1. The molecular weight excluding hydrogens is 398 g/mol. The van der Waals surface area contributed by atoms with Crippen LogP contribution < -0.4 is 10.1 Å². The SMILES string of the molecule is CCOC(=O)C1=C(C)NC2=C(C(=O)[C@H](C(=O)OCC)[C@@H](C)C2)[C@@H]1c1ccccc1OC. The molecule has 0 bridgehead atoms. The lowest BCUT2D eigenvalue weighted by Crippen LogP contribution is -2.43. The number of ether oxygens (including phenoxy) is 3. The normalized spacial score (nSPS) is 23.1. The molecule has 2 aliphatic rings. The van der Waals surface area contributed by atoms with Crippen LogP contribution in [0.25, 0.3) is 0 Å². The standard InChI is InChI=1S/C24H29NO6/c1-6-30-23(27)18-13(3)12-16-21(22(18)26)20(15-10-8-9-11-17(15)29-5)19(14(4)25-16)24(28)31-7-2/h8-11,13,18,20,25H,6-7,12H2,1-5H3/t13-,18+,20+/m0/s1. The summed E-state index contributed by atoms with van der Waals surface area (Å²) in [5.74, 6) is -2.67. The lowest BCUT2D eigenvalue weighted by Gasteiger charge is -2.38. The topological polar surface area (TPSA) is 90.9 Å². The van der Waals surface area contributed by atoms with Gasteiger partial charge in [0.15, 0.2) is 5.78 Å². The lowest BCUT2D eigenvalue weighted by atomic mass is 9.69. The van der Waals surface area contributed by atoms with Crippen molar-refractivity contribution in [3.63, 3.8) is 0 Å². The zero-order valence-electron chi connectivity index (χ0n) is 18.6. The van der Waals surface area contributed by atoms with Crippen LogP contribution in [0.5, 0.6) is 5.75 Å². The van der Waals surface area contributed by atoms with Gasteiger partial charge in [-0.25, -0.2) is 4.79 Å². The van der Waals surface area contributed by atoms with Crippen molar-refractivity contribution in [2.45, 2.75) is 40.0 Å². The summed E-state index contributed by atoms with van der Waals surface area (Å²) in [7, 11) is 1.54. The fourth-order valence-corrected chi connectivity index (χ4v) is 4.48. The fraction of sp³-hybridized carbons (Fsp3) is 0.458. The Kier molecular flexibility index (Phi) is 6.83. The molecule has 0 saturated carbocycles. The van der Waals surface area contributed by atoms with Crippen LogP contribution in [0.4, 0.5) is 0 Å². The number of allylic oxidation sites excluding steroid dienone is 3. The molecular formula is C24H29NO6. The van der Waals surface area contributed by atoms with E-state index in [2.05, 4.69) is 5.32 Å². The van der Waals surface area contributed by atoms with Gasteiger partial charge in [-0.05, 0) is 39.2 Å². The van der Waals surface area contributed by atoms with Crippen LogP contribution in [0, 0.1) is 11.8 Å². The Morgan fingerprint density at radius 3 is 2.45 bits per heavy atom. The molecule has 7 heteroatoms. The van der Waals surface area contributed by atoms with E-state index in [1.165, 1.54) is 0 Å². The molecule has 1 aliphatic carbocycles. The molecule has 166 valence electrons. The molecule has 0 unspecified atom stereocenters. The predicted octanol–water partition coefficient (Wildman–Crippen LogP) is 3.26. The molecule has 0 amide bonds. The third-order valence-corrected chi connectivity index (χ3v) is 5.77. The summed E-state index contributed by atoms with van der Waals surface area (Å²) in [6.45, 7) is 7.51. The van der Waals surface area contributed by atoms with Crippen molar-refractivity contribution in [2.24, 2.45) is 11.8 Å². The van der Waals surface area contributed by atoms with Crippen LogP contribution in [-0.4, -0.2) is 38.0 Å². The van der Waals surface area contributed by atoms with Crippen LogP contribution >= 0.6 is 0 Å². The maximum Gasteiger partial charge on any atom is 0.336 e. The Hall–Kier alpha value is -3.09. The number of methoxy groups -OCH3 is 1. The molecule has 1 aromatic rings. The first-order chi connectivity index (χ1) is 14.8. The van der Waals surface area contributed by atoms with Gasteiger partial charge in [-0.3, -0.25) is 9.59 Å². The minimum atomic E-state index is -0.917. The number of hydrogen-bond donors (Lipinski definition) is 1. The van der Waals surface area contributed by atoms with Crippen molar-refractivity contribution < 1.29 is 28.6 Å². The van der Waals surface area contributed by atoms with E-state index < -0.39 is 23.8 Å². The smallest absolute Gasteiger partial charge is 0.336 e. The second kappa shape index (κ2) is 9.37. The number of ketones is 1. The third-order valence-electron chi connectivity index (χ3n) is 5.77. The van der Waals surface area contributed by atoms with Crippen LogP contribution in [0.3, 0.4) is 0 Å². The Labute approximate surface area is 182 Å². The van der Waals surface area contributed by atoms with Crippen molar-refractivity contribution in [2.75, 3.05) is 20.3 Å². The number of hydrogen-bond acceptors (Lipinski definition) is 7. The van der Waals surface area contributed by atoms with Gasteiger partial charge < -0.3 is 19.5 Å². The van der Waals surface area contributed by atoms with E-state index in [4.69, 9.17) is 14.2 Å². The Bertz CT molecular complexity index is 961. The van der Waals surface area contributed by atoms with Crippen LogP contribution in [0.15, 0.2) is 46.8 Å². The van der Waals surface area contributed by atoms with E-state index in [9.17, 15) is 14.4 Å². The average Bonchev–Trinajstić information content (AvgIpc) is 2.73. The zero-order chi connectivity index (χ0) is 22.7. The highest BCUT2D eigenvalue weighted by Crippen LogP contribution is 2.47. The summed E-state index contributed by atoms with van der Waals surface area (Å²) < 4.78 is 16.1. The Morgan fingerprint density at radius 2 is 1.81 bits per heavy atom. The molecule has 31 heavy (non-hydrogen) atoms. The Balaban J connectivity index is 2.20. The highest BCUT2D eigenvalue weighted by Gasteiger charge is 2.47. The number of carbonyl (C=O) groups is 3. The third kappa shape index (κ3) is 4.09. The summed E-state index contributed by atoms with van der Waals surface area (Å²) in [6, 6.07) is 7.27. The first-order valence-electron chi connectivity index (χ1n) is 10.6. The number of rotatable bonds is 6. The van der Waals surface area contributed by atoms with Crippen LogP contribution in [-0.2, 0) is 23.9 Å².